The minimum absolute atomic E-state index is 0.207. The van der Waals surface area contributed by atoms with E-state index in [4.69, 9.17) is 11.6 Å². The molecule has 6 heteroatoms. The summed E-state index contributed by atoms with van der Waals surface area (Å²) in [6.45, 7) is 2.18. The third-order valence-electron chi connectivity index (χ3n) is 3.84. The molecule has 25 heavy (non-hydrogen) atoms. The number of anilines is 1. The van der Waals surface area contributed by atoms with E-state index in [9.17, 15) is 4.79 Å². The molecule has 1 amide bonds. The Balaban J connectivity index is 1.74. The van der Waals surface area contributed by atoms with Gasteiger partial charge in [-0.25, -0.2) is 0 Å². The van der Waals surface area contributed by atoms with E-state index in [0.29, 0.717) is 15.6 Å². The van der Waals surface area contributed by atoms with Crippen molar-refractivity contribution in [2.24, 2.45) is 0 Å². The maximum atomic E-state index is 12.6. The van der Waals surface area contributed by atoms with E-state index in [1.807, 2.05) is 24.3 Å². The highest BCUT2D eigenvalue weighted by Crippen LogP contribution is 2.26. The fraction of sp³-hybridized carbons (Fsp3) is 0.211. The van der Waals surface area contributed by atoms with Crippen molar-refractivity contribution in [1.82, 2.24) is 9.59 Å². The third kappa shape index (κ3) is 4.44. The van der Waals surface area contributed by atoms with Crippen LogP contribution in [0.5, 0.6) is 0 Å². The molecule has 0 fully saturated rings. The molecule has 0 aliphatic carbocycles. The molecule has 1 aromatic heterocycles. The Labute approximate surface area is 156 Å². The molecule has 1 heterocycles. The van der Waals surface area contributed by atoms with Gasteiger partial charge in [-0.2, -0.15) is 0 Å². The summed E-state index contributed by atoms with van der Waals surface area (Å²) >= 11 is 7.00. The maximum absolute atomic E-state index is 12.6. The Bertz CT molecular complexity index is 844. The van der Waals surface area contributed by atoms with Gasteiger partial charge in [0.05, 0.1) is 0 Å². The number of amides is 1. The average Bonchev–Trinajstić information content (AvgIpc) is 3.11. The van der Waals surface area contributed by atoms with Gasteiger partial charge in [0.15, 0.2) is 0 Å². The molecule has 0 unspecified atom stereocenters. The molecule has 0 saturated carbocycles. The molecule has 0 bridgehead atoms. The molecule has 3 aromatic rings. The summed E-state index contributed by atoms with van der Waals surface area (Å²) in [4.78, 5) is 13.1. The molecule has 0 aliphatic heterocycles. The Kier molecular flexibility index (Phi) is 5.79. The first-order valence-electron chi connectivity index (χ1n) is 8.16. The van der Waals surface area contributed by atoms with Gasteiger partial charge < -0.3 is 5.32 Å². The Morgan fingerprint density at radius 1 is 1.12 bits per heavy atom. The van der Waals surface area contributed by atoms with Crippen LogP contribution in [0.4, 0.5) is 5.69 Å². The lowest BCUT2D eigenvalue weighted by Gasteiger charge is -2.06. The number of hydrogen-bond acceptors (Lipinski definition) is 4. The van der Waals surface area contributed by atoms with Crippen LogP contribution < -0.4 is 5.32 Å². The minimum atomic E-state index is -0.207. The van der Waals surface area contributed by atoms with E-state index in [0.717, 1.165) is 29.2 Å². The number of unbranched alkanes of at least 4 members (excludes halogenated alkanes) is 1. The standard InChI is InChI=1S/C19H18ClN3OS/c1-2-3-4-13-5-11-16(12-6-13)21-19(24)18-17(22-23-25-18)14-7-9-15(20)10-8-14/h5-12H,2-4H2,1H3,(H,21,24). The number of carbonyl (C=O) groups is 1. The maximum Gasteiger partial charge on any atom is 0.269 e. The van der Waals surface area contributed by atoms with Gasteiger partial charge >= 0.3 is 0 Å². The summed E-state index contributed by atoms with van der Waals surface area (Å²) in [7, 11) is 0. The molecule has 0 spiro atoms. The van der Waals surface area contributed by atoms with Gasteiger partial charge in [0.2, 0.25) is 0 Å². The highest BCUT2D eigenvalue weighted by Gasteiger charge is 2.18. The number of halogens is 1. The first-order chi connectivity index (χ1) is 12.2. The summed E-state index contributed by atoms with van der Waals surface area (Å²) in [6, 6.07) is 15.2. The summed E-state index contributed by atoms with van der Waals surface area (Å²) in [5, 5.41) is 7.65. The molecular formula is C19H18ClN3OS. The van der Waals surface area contributed by atoms with Crippen LogP contribution >= 0.6 is 23.1 Å². The first-order valence-corrected chi connectivity index (χ1v) is 9.31. The lowest BCUT2D eigenvalue weighted by atomic mass is 10.1. The van der Waals surface area contributed by atoms with Crippen molar-refractivity contribution in [3.05, 3.63) is 64.0 Å². The first kappa shape index (κ1) is 17.6. The van der Waals surface area contributed by atoms with Crippen molar-refractivity contribution in [1.29, 1.82) is 0 Å². The normalized spacial score (nSPS) is 10.6. The predicted octanol–water partition coefficient (Wildman–Crippen LogP) is 5.45. The van der Waals surface area contributed by atoms with Crippen molar-refractivity contribution in [2.75, 3.05) is 5.32 Å². The van der Waals surface area contributed by atoms with Gasteiger partial charge in [-0.15, -0.1) is 5.10 Å². The van der Waals surface area contributed by atoms with Crippen LogP contribution in [-0.2, 0) is 6.42 Å². The highest BCUT2D eigenvalue weighted by molar-refractivity contribution is 7.08. The van der Waals surface area contributed by atoms with Crippen LogP contribution in [0.3, 0.4) is 0 Å². The van der Waals surface area contributed by atoms with E-state index in [-0.39, 0.29) is 5.91 Å². The Morgan fingerprint density at radius 3 is 2.52 bits per heavy atom. The second kappa shape index (κ2) is 8.23. The van der Waals surface area contributed by atoms with Crippen LogP contribution in [0, 0.1) is 0 Å². The van der Waals surface area contributed by atoms with Gasteiger partial charge in [-0.05, 0) is 54.2 Å². The van der Waals surface area contributed by atoms with Crippen LogP contribution in [-0.4, -0.2) is 15.5 Å². The molecule has 0 atom stereocenters. The zero-order valence-electron chi connectivity index (χ0n) is 13.8. The summed E-state index contributed by atoms with van der Waals surface area (Å²) in [6.07, 6.45) is 3.40. The smallest absolute Gasteiger partial charge is 0.269 e. The number of nitrogens with one attached hydrogen (secondary N) is 1. The number of benzene rings is 2. The number of hydrogen-bond donors (Lipinski definition) is 1. The lowest BCUT2D eigenvalue weighted by molar-refractivity contribution is 0.103. The van der Waals surface area contributed by atoms with Gasteiger partial charge in [0.1, 0.15) is 10.6 Å². The summed E-state index contributed by atoms with van der Waals surface area (Å²) in [5.41, 5.74) is 3.43. The second-order valence-electron chi connectivity index (χ2n) is 5.71. The molecule has 1 N–H and O–H groups in total. The Hall–Kier alpha value is -2.24. The van der Waals surface area contributed by atoms with E-state index < -0.39 is 0 Å². The highest BCUT2D eigenvalue weighted by atomic mass is 35.5. The molecule has 128 valence electrons. The van der Waals surface area contributed by atoms with Gasteiger partial charge in [0, 0.05) is 16.3 Å². The van der Waals surface area contributed by atoms with Gasteiger partial charge in [-0.1, -0.05) is 53.7 Å². The summed E-state index contributed by atoms with van der Waals surface area (Å²) in [5.74, 6) is -0.207. The fourth-order valence-corrected chi connectivity index (χ4v) is 3.17. The van der Waals surface area contributed by atoms with Crippen molar-refractivity contribution in [3.63, 3.8) is 0 Å². The number of nitrogens with zero attached hydrogens (tertiary/aromatic N) is 2. The number of aryl methyl sites for hydroxylation is 1. The lowest BCUT2D eigenvalue weighted by Crippen LogP contribution is -2.11. The van der Waals surface area contributed by atoms with Gasteiger partial charge in [-0.3, -0.25) is 4.79 Å². The zero-order chi connectivity index (χ0) is 17.6. The molecule has 0 saturated heterocycles. The fourth-order valence-electron chi connectivity index (χ4n) is 2.46. The van der Waals surface area contributed by atoms with E-state index >= 15 is 0 Å². The van der Waals surface area contributed by atoms with Crippen molar-refractivity contribution in [3.8, 4) is 11.3 Å². The minimum Gasteiger partial charge on any atom is -0.321 e. The average molecular weight is 372 g/mol. The van der Waals surface area contributed by atoms with Crippen molar-refractivity contribution >= 4 is 34.7 Å². The van der Waals surface area contributed by atoms with Crippen LogP contribution in [0.1, 0.15) is 35.0 Å². The molecule has 4 nitrogen and oxygen atoms in total. The van der Waals surface area contributed by atoms with Crippen molar-refractivity contribution < 1.29 is 4.79 Å². The van der Waals surface area contributed by atoms with Crippen LogP contribution in [0.25, 0.3) is 11.3 Å². The van der Waals surface area contributed by atoms with E-state index in [1.165, 1.54) is 18.4 Å². The van der Waals surface area contributed by atoms with E-state index in [1.54, 1.807) is 12.1 Å². The zero-order valence-corrected chi connectivity index (χ0v) is 15.4. The van der Waals surface area contributed by atoms with Crippen molar-refractivity contribution in [2.45, 2.75) is 26.2 Å². The predicted molar refractivity (Wildman–Crippen MR) is 103 cm³/mol. The largest absolute Gasteiger partial charge is 0.321 e. The third-order valence-corrected chi connectivity index (χ3v) is 4.82. The number of carbonyl (C=O) groups excluding carboxylic acids is 1. The monoisotopic (exact) mass is 371 g/mol. The van der Waals surface area contributed by atoms with Gasteiger partial charge in [0.25, 0.3) is 5.91 Å². The van der Waals surface area contributed by atoms with Crippen LogP contribution in [0.2, 0.25) is 5.02 Å². The van der Waals surface area contributed by atoms with Crippen LogP contribution in [0.15, 0.2) is 48.5 Å². The Morgan fingerprint density at radius 2 is 1.84 bits per heavy atom. The topological polar surface area (TPSA) is 54.9 Å². The number of rotatable bonds is 6. The molecule has 0 radical (unpaired) electrons. The molecular weight excluding hydrogens is 354 g/mol. The summed E-state index contributed by atoms with van der Waals surface area (Å²) < 4.78 is 3.93. The second-order valence-corrected chi connectivity index (χ2v) is 6.90. The SMILES string of the molecule is CCCCc1ccc(NC(=O)c2snnc2-c2ccc(Cl)cc2)cc1. The van der Waals surface area contributed by atoms with E-state index in [2.05, 4.69) is 34.0 Å². The molecule has 2 aromatic carbocycles. The molecule has 0 aliphatic rings. The molecule has 3 rings (SSSR count). The quantitative estimate of drug-likeness (QED) is 0.626. The number of aromatic nitrogens is 2.